The summed E-state index contributed by atoms with van der Waals surface area (Å²) in [6.07, 6.45) is 1.71. The molecule has 0 radical (unpaired) electrons. The number of esters is 1. The number of carbonyl (C=O) groups excluding carboxylic acids is 1. The fraction of sp³-hybridized carbons (Fsp3) is 0.320. The number of rotatable bonds is 5. The van der Waals surface area contributed by atoms with Gasteiger partial charge in [-0.1, -0.05) is 41.1 Å². The topological polar surface area (TPSA) is 86.3 Å². The molecule has 35 heavy (non-hydrogen) atoms. The Labute approximate surface area is 210 Å². The Balaban J connectivity index is 1.62. The predicted octanol–water partition coefficient (Wildman–Crippen LogP) is 2.88. The molecule has 2 aromatic heterocycles. The molecule has 0 spiro atoms. The highest BCUT2D eigenvalue weighted by atomic mass is 35.5. The SMILES string of the molecule is CCOC(=O)C1=C(C)N=c2s/c(=C/c3ccc(N4CCOCC4)o3)c(=O)n2C1c1ccccc1Cl. The molecule has 0 saturated carbocycles. The van der Waals surface area contributed by atoms with Crippen LogP contribution in [0.3, 0.4) is 0 Å². The van der Waals surface area contributed by atoms with E-state index in [1.165, 1.54) is 15.9 Å². The molecular formula is C25H24ClN3O5S. The lowest BCUT2D eigenvalue weighted by Crippen LogP contribution is -2.40. The summed E-state index contributed by atoms with van der Waals surface area (Å²) in [5, 5.41) is 0.449. The van der Waals surface area contributed by atoms with Crippen LogP contribution in [0.4, 0.5) is 5.88 Å². The van der Waals surface area contributed by atoms with Crippen molar-refractivity contribution in [2.45, 2.75) is 19.9 Å². The van der Waals surface area contributed by atoms with Gasteiger partial charge in [0.1, 0.15) is 11.8 Å². The van der Waals surface area contributed by atoms with Crippen LogP contribution in [0.2, 0.25) is 5.02 Å². The Morgan fingerprint density at radius 2 is 2.03 bits per heavy atom. The van der Waals surface area contributed by atoms with Crippen LogP contribution in [0.25, 0.3) is 6.08 Å². The number of fused-ring (bicyclic) bond motifs is 1. The lowest BCUT2D eigenvalue weighted by Gasteiger charge is -2.26. The van der Waals surface area contributed by atoms with Gasteiger partial charge in [-0.2, -0.15) is 0 Å². The second kappa shape index (κ2) is 9.85. The number of morpholine rings is 1. The van der Waals surface area contributed by atoms with E-state index in [2.05, 4.69) is 9.89 Å². The Morgan fingerprint density at radius 1 is 1.26 bits per heavy atom. The third-order valence-electron chi connectivity index (χ3n) is 5.93. The minimum Gasteiger partial charge on any atom is -0.463 e. The van der Waals surface area contributed by atoms with Crippen molar-refractivity contribution in [3.63, 3.8) is 0 Å². The van der Waals surface area contributed by atoms with E-state index in [1.54, 1.807) is 32.1 Å². The third-order valence-corrected chi connectivity index (χ3v) is 7.25. The quantitative estimate of drug-likeness (QED) is 0.488. The first-order chi connectivity index (χ1) is 17.0. The molecule has 8 nitrogen and oxygen atoms in total. The summed E-state index contributed by atoms with van der Waals surface area (Å²) >= 11 is 7.77. The summed E-state index contributed by atoms with van der Waals surface area (Å²) in [5.74, 6) is 0.781. The van der Waals surface area contributed by atoms with Crippen LogP contribution in [0.1, 0.15) is 31.2 Å². The largest absolute Gasteiger partial charge is 0.463 e. The molecule has 0 amide bonds. The van der Waals surface area contributed by atoms with E-state index in [0.29, 0.717) is 50.2 Å². The molecule has 1 fully saturated rings. The number of halogens is 1. The Kier molecular flexibility index (Phi) is 6.64. The lowest BCUT2D eigenvalue weighted by molar-refractivity contribution is -0.139. The second-order valence-corrected chi connectivity index (χ2v) is 9.52. The number of anilines is 1. The van der Waals surface area contributed by atoms with Crippen molar-refractivity contribution in [2.75, 3.05) is 37.8 Å². The molecule has 2 aliphatic rings. The molecule has 182 valence electrons. The number of carbonyl (C=O) groups is 1. The van der Waals surface area contributed by atoms with Gasteiger partial charge < -0.3 is 18.8 Å². The number of benzene rings is 1. The predicted molar refractivity (Wildman–Crippen MR) is 134 cm³/mol. The van der Waals surface area contributed by atoms with Crippen LogP contribution >= 0.6 is 22.9 Å². The molecule has 3 aromatic rings. The molecule has 5 rings (SSSR count). The number of nitrogens with zero attached hydrogens (tertiary/aromatic N) is 3. The van der Waals surface area contributed by atoms with E-state index in [-0.39, 0.29) is 12.2 Å². The van der Waals surface area contributed by atoms with Gasteiger partial charge in [-0.3, -0.25) is 9.36 Å². The van der Waals surface area contributed by atoms with E-state index < -0.39 is 12.0 Å². The molecule has 10 heteroatoms. The lowest BCUT2D eigenvalue weighted by atomic mass is 9.96. The number of furan rings is 1. The Morgan fingerprint density at radius 3 is 2.77 bits per heavy atom. The second-order valence-electron chi connectivity index (χ2n) is 8.10. The Hall–Kier alpha value is -3.14. The molecule has 1 atom stereocenters. The van der Waals surface area contributed by atoms with Crippen LogP contribution in [-0.4, -0.2) is 43.4 Å². The molecule has 1 unspecified atom stereocenters. The fourth-order valence-electron chi connectivity index (χ4n) is 4.29. The summed E-state index contributed by atoms with van der Waals surface area (Å²) in [6, 6.07) is 10.2. The first kappa shape index (κ1) is 23.6. The van der Waals surface area contributed by atoms with Crippen LogP contribution in [0, 0.1) is 0 Å². The van der Waals surface area contributed by atoms with E-state index in [0.717, 1.165) is 19.0 Å². The maximum absolute atomic E-state index is 13.6. The number of allylic oxidation sites excluding steroid dienone is 1. The van der Waals surface area contributed by atoms with Crippen LogP contribution in [0.15, 0.2) is 61.9 Å². The van der Waals surface area contributed by atoms with Gasteiger partial charge >= 0.3 is 5.97 Å². The van der Waals surface area contributed by atoms with Crippen molar-refractivity contribution in [2.24, 2.45) is 4.99 Å². The molecule has 1 saturated heterocycles. The number of aromatic nitrogens is 1. The average molecular weight is 514 g/mol. The summed E-state index contributed by atoms with van der Waals surface area (Å²) in [6.45, 7) is 6.50. The maximum Gasteiger partial charge on any atom is 0.338 e. The van der Waals surface area contributed by atoms with Gasteiger partial charge in [-0.15, -0.1) is 0 Å². The summed E-state index contributed by atoms with van der Waals surface area (Å²) in [7, 11) is 0. The minimum atomic E-state index is -0.748. The summed E-state index contributed by atoms with van der Waals surface area (Å²) in [5.41, 5.74) is 1.14. The smallest absolute Gasteiger partial charge is 0.338 e. The highest BCUT2D eigenvalue weighted by Crippen LogP contribution is 2.34. The van der Waals surface area contributed by atoms with Gasteiger partial charge in [0, 0.05) is 30.3 Å². The van der Waals surface area contributed by atoms with Crippen molar-refractivity contribution in [1.82, 2.24) is 4.57 Å². The van der Waals surface area contributed by atoms with Gasteiger partial charge in [-0.25, -0.2) is 9.79 Å². The molecule has 4 heterocycles. The molecule has 0 N–H and O–H groups in total. The zero-order valence-electron chi connectivity index (χ0n) is 19.3. The van der Waals surface area contributed by atoms with Gasteiger partial charge in [0.2, 0.25) is 0 Å². The van der Waals surface area contributed by atoms with Gasteiger partial charge in [0.25, 0.3) is 5.56 Å². The van der Waals surface area contributed by atoms with E-state index in [4.69, 9.17) is 25.5 Å². The minimum absolute atomic E-state index is 0.208. The summed E-state index contributed by atoms with van der Waals surface area (Å²) in [4.78, 5) is 33.8. The Bertz CT molecular complexity index is 1480. The normalized spacial score (nSPS) is 18.4. The number of hydrogen-bond donors (Lipinski definition) is 0. The van der Waals surface area contributed by atoms with Gasteiger partial charge in [0.15, 0.2) is 10.7 Å². The maximum atomic E-state index is 13.6. The number of hydrogen-bond acceptors (Lipinski definition) is 8. The first-order valence-electron chi connectivity index (χ1n) is 11.3. The highest BCUT2D eigenvalue weighted by Gasteiger charge is 2.34. The number of ether oxygens (including phenoxy) is 2. The van der Waals surface area contributed by atoms with Crippen molar-refractivity contribution < 1.29 is 18.7 Å². The molecular weight excluding hydrogens is 490 g/mol. The first-order valence-corrected chi connectivity index (χ1v) is 12.5. The van der Waals surface area contributed by atoms with Gasteiger partial charge in [-0.05, 0) is 31.5 Å². The van der Waals surface area contributed by atoms with Gasteiger partial charge in [0.05, 0.1) is 35.6 Å². The van der Waals surface area contributed by atoms with Crippen LogP contribution < -0.4 is 19.8 Å². The summed E-state index contributed by atoms with van der Waals surface area (Å²) < 4.78 is 18.7. The fourth-order valence-corrected chi connectivity index (χ4v) is 5.55. The van der Waals surface area contributed by atoms with Crippen molar-refractivity contribution in [3.05, 3.63) is 83.7 Å². The van der Waals surface area contributed by atoms with Crippen molar-refractivity contribution in [1.29, 1.82) is 0 Å². The van der Waals surface area contributed by atoms with Crippen molar-refractivity contribution in [3.8, 4) is 0 Å². The third kappa shape index (κ3) is 4.47. The molecule has 1 aromatic carbocycles. The van der Waals surface area contributed by atoms with E-state index in [9.17, 15) is 9.59 Å². The molecule has 0 aliphatic carbocycles. The standard InChI is InChI=1S/C25H24ClN3O5S/c1-3-33-24(31)21-15(2)27-25-29(22(21)17-6-4-5-7-18(17)26)23(30)19(35-25)14-16-8-9-20(34-16)28-10-12-32-13-11-28/h4-9,14,22H,3,10-13H2,1-2H3/b19-14+. The van der Waals surface area contributed by atoms with Crippen LogP contribution in [-0.2, 0) is 14.3 Å². The average Bonchev–Trinajstić information content (AvgIpc) is 3.44. The zero-order valence-corrected chi connectivity index (χ0v) is 20.9. The monoisotopic (exact) mass is 513 g/mol. The van der Waals surface area contributed by atoms with Crippen LogP contribution in [0.5, 0.6) is 0 Å². The molecule has 0 bridgehead atoms. The van der Waals surface area contributed by atoms with E-state index in [1.807, 2.05) is 24.3 Å². The van der Waals surface area contributed by atoms with E-state index >= 15 is 0 Å². The zero-order chi connectivity index (χ0) is 24.5. The number of thiazole rings is 1. The van der Waals surface area contributed by atoms with Crippen molar-refractivity contribution >= 4 is 40.9 Å². The molecule has 2 aliphatic heterocycles. The highest BCUT2D eigenvalue weighted by molar-refractivity contribution is 7.07.